The second-order valence-electron chi connectivity index (χ2n) is 10.4. The van der Waals surface area contributed by atoms with E-state index < -0.39 is 23.4 Å². The van der Waals surface area contributed by atoms with E-state index in [-0.39, 0.29) is 24.3 Å². The highest BCUT2D eigenvalue weighted by molar-refractivity contribution is 6.10. The number of likely N-dealkylation sites (tertiary alicyclic amines) is 2. The van der Waals surface area contributed by atoms with Crippen LogP contribution in [0.1, 0.15) is 35.6 Å². The molecule has 3 saturated heterocycles. The van der Waals surface area contributed by atoms with Crippen molar-refractivity contribution in [2.24, 2.45) is 11.8 Å². The Hall–Kier alpha value is -3.97. The molecule has 7 heteroatoms. The molecule has 194 valence electrons. The van der Waals surface area contributed by atoms with Gasteiger partial charge in [-0.25, -0.2) is 0 Å². The van der Waals surface area contributed by atoms with Crippen molar-refractivity contribution in [3.05, 3.63) is 102 Å². The van der Waals surface area contributed by atoms with Gasteiger partial charge in [0.15, 0.2) is 0 Å². The monoisotopic (exact) mass is 509 g/mol. The summed E-state index contributed by atoms with van der Waals surface area (Å²) in [5, 5.41) is 3.57. The third kappa shape index (κ3) is 3.98. The molecule has 0 aromatic heterocycles. The van der Waals surface area contributed by atoms with Crippen molar-refractivity contribution in [3.63, 3.8) is 0 Å². The van der Waals surface area contributed by atoms with Gasteiger partial charge in [0.2, 0.25) is 17.7 Å². The molecule has 3 amide bonds. The molecule has 3 aromatic carbocycles. The summed E-state index contributed by atoms with van der Waals surface area (Å²) in [6, 6.07) is 26.5. The van der Waals surface area contributed by atoms with Crippen LogP contribution in [0.25, 0.3) is 0 Å². The molecule has 0 radical (unpaired) electrons. The van der Waals surface area contributed by atoms with Gasteiger partial charge >= 0.3 is 0 Å². The summed E-state index contributed by atoms with van der Waals surface area (Å²) in [6.07, 6.45) is 1.27. The maximum atomic E-state index is 14.3. The molecule has 3 aliphatic rings. The van der Waals surface area contributed by atoms with Gasteiger partial charge in [0.1, 0.15) is 11.3 Å². The predicted octanol–water partition coefficient (Wildman–Crippen LogP) is 3.70. The van der Waals surface area contributed by atoms with Crippen LogP contribution in [0.15, 0.2) is 84.9 Å². The highest BCUT2D eigenvalue weighted by Gasteiger charge is 2.68. The maximum absolute atomic E-state index is 14.3. The van der Waals surface area contributed by atoms with Gasteiger partial charge in [-0.1, -0.05) is 72.8 Å². The lowest BCUT2D eigenvalue weighted by molar-refractivity contribution is -0.150. The molecule has 1 N–H and O–H groups in total. The standard InChI is InChI=1S/C31H31N3O4/c1-38-24-15-13-23(14-16-24)27-25-26(29(36)34(28(25)35)20-22-11-6-3-7-12-22)31(32-27)17-8-18-33(30(31)37)19-21-9-4-2-5-10-21/h2-7,9-16,25-27,32H,8,17-20H2,1H3/t25-,26-,27-,31-/m1/s1. The number of piperidine rings is 1. The molecule has 1 spiro atoms. The molecule has 0 bridgehead atoms. The molecule has 38 heavy (non-hydrogen) atoms. The second-order valence-corrected chi connectivity index (χ2v) is 10.4. The highest BCUT2D eigenvalue weighted by atomic mass is 16.5. The first-order valence-electron chi connectivity index (χ1n) is 13.2. The molecule has 0 saturated carbocycles. The van der Waals surface area contributed by atoms with Crippen LogP contribution in [0.3, 0.4) is 0 Å². The lowest BCUT2D eigenvalue weighted by Gasteiger charge is -2.42. The van der Waals surface area contributed by atoms with E-state index in [9.17, 15) is 14.4 Å². The average Bonchev–Trinajstić information content (AvgIpc) is 3.42. The third-order valence-corrected chi connectivity index (χ3v) is 8.29. The van der Waals surface area contributed by atoms with E-state index in [4.69, 9.17) is 4.74 Å². The molecule has 0 unspecified atom stereocenters. The van der Waals surface area contributed by atoms with Gasteiger partial charge in [0.05, 0.1) is 25.5 Å². The lowest BCUT2D eigenvalue weighted by atomic mass is 9.74. The molecule has 3 aliphatic heterocycles. The Kier molecular flexibility index (Phi) is 6.24. The second kappa shape index (κ2) is 9.72. The van der Waals surface area contributed by atoms with Gasteiger partial charge in [-0.2, -0.15) is 0 Å². The predicted molar refractivity (Wildman–Crippen MR) is 142 cm³/mol. The van der Waals surface area contributed by atoms with Gasteiger partial charge in [0.25, 0.3) is 0 Å². The minimum absolute atomic E-state index is 0.0960. The number of nitrogens with zero attached hydrogens (tertiary/aromatic N) is 2. The van der Waals surface area contributed by atoms with Gasteiger partial charge in [-0.3, -0.25) is 24.6 Å². The topological polar surface area (TPSA) is 79.0 Å². The zero-order valence-electron chi connectivity index (χ0n) is 21.4. The minimum Gasteiger partial charge on any atom is -0.497 e. The van der Waals surface area contributed by atoms with Crippen LogP contribution in [0, 0.1) is 11.8 Å². The van der Waals surface area contributed by atoms with E-state index in [0.29, 0.717) is 25.3 Å². The van der Waals surface area contributed by atoms with E-state index in [1.54, 1.807) is 7.11 Å². The first-order valence-corrected chi connectivity index (χ1v) is 13.2. The molecule has 0 aliphatic carbocycles. The maximum Gasteiger partial charge on any atom is 0.244 e. The third-order valence-electron chi connectivity index (χ3n) is 8.29. The summed E-state index contributed by atoms with van der Waals surface area (Å²) in [5.74, 6) is -1.27. The number of carbonyl (C=O) groups excluding carboxylic acids is 3. The van der Waals surface area contributed by atoms with Crippen LogP contribution in [0.2, 0.25) is 0 Å². The molecular weight excluding hydrogens is 478 g/mol. The van der Waals surface area contributed by atoms with E-state index >= 15 is 0 Å². The fourth-order valence-electron chi connectivity index (χ4n) is 6.50. The van der Waals surface area contributed by atoms with E-state index in [0.717, 1.165) is 23.1 Å². The van der Waals surface area contributed by atoms with Crippen molar-refractivity contribution in [2.45, 2.75) is 37.5 Å². The van der Waals surface area contributed by atoms with Gasteiger partial charge in [0, 0.05) is 19.1 Å². The molecule has 3 fully saturated rings. The first-order chi connectivity index (χ1) is 18.5. The Balaban J connectivity index is 1.38. The number of amides is 3. The van der Waals surface area contributed by atoms with E-state index in [1.807, 2.05) is 89.8 Å². The molecule has 4 atom stereocenters. The zero-order valence-corrected chi connectivity index (χ0v) is 21.4. The molecule has 6 rings (SSSR count). The zero-order chi connectivity index (χ0) is 26.3. The first kappa shape index (κ1) is 24.4. The normalized spacial score (nSPS) is 26.8. The lowest BCUT2D eigenvalue weighted by Crippen LogP contribution is -2.63. The number of rotatable bonds is 6. The quantitative estimate of drug-likeness (QED) is 0.513. The number of nitrogens with one attached hydrogen (secondary N) is 1. The Morgan fingerprint density at radius 3 is 2.11 bits per heavy atom. The van der Waals surface area contributed by atoms with Crippen molar-refractivity contribution in [3.8, 4) is 5.75 Å². The van der Waals surface area contributed by atoms with Gasteiger partial charge in [-0.15, -0.1) is 0 Å². The number of fused-ring (bicyclic) bond motifs is 2. The van der Waals surface area contributed by atoms with Gasteiger partial charge in [-0.05, 0) is 41.7 Å². The van der Waals surface area contributed by atoms with Crippen LogP contribution in [-0.4, -0.2) is 46.7 Å². The Labute approximate surface area is 222 Å². The van der Waals surface area contributed by atoms with Crippen LogP contribution < -0.4 is 10.1 Å². The molecule has 7 nitrogen and oxygen atoms in total. The number of benzene rings is 3. The Morgan fingerprint density at radius 2 is 1.47 bits per heavy atom. The number of ether oxygens (including phenoxy) is 1. The highest BCUT2D eigenvalue weighted by Crippen LogP contribution is 2.52. The molecule has 3 heterocycles. The molecule has 3 aromatic rings. The van der Waals surface area contributed by atoms with Crippen molar-refractivity contribution in [1.29, 1.82) is 0 Å². The van der Waals surface area contributed by atoms with Crippen LogP contribution >= 0.6 is 0 Å². The smallest absolute Gasteiger partial charge is 0.244 e. The van der Waals surface area contributed by atoms with Crippen molar-refractivity contribution < 1.29 is 19.1 Å². The number of methoxy groups -OCH3 is 1. The number of hydrogen-bond donors (Lipinski definition) is 1. The summed E-state index contributed by atoms with van der Waals surface area (Å²) in [7, 11) is 1.61. The van der Waals surface area contributed by atoms with Crippen LogP contribution in [-0.2, 0) is 27.5 Å². The summed E-state index contributed by atoms with van der Waals surface area (Å²) in [5.41, 5.74) is 1.67. The van der Waals surface area contributed by atoms with Crippen LogP contribution in [0.4, 0.5) is 0 Å². The summed E-state index contributed by atoms with van der Waals surface area (Å²) < 4.78 is 5.33. The number of imide groups is 1. The number of carbonyl (C=O) groups is 3. The fourth-order valence-corrected chi connectivity index (χ4v) is 6.50. The van der Waals surface area contributed by atoms with Gasteiger partial charge < -0.3 is 9.64 Å². The fraction of sp³-hybridized carbons (Fsp3) is 0.323. The summed E-state index contributed by atoms with van der Waals surface area (Å²) in [4.78, 5) is 45.4. The summed E-state index contributed by atoms with van der Waals surface area (Å²) >= 11 is 0. The average molecular weight is 510 g/mol. The SMILES string of the molecule is COc1ccc([C@H]2N[C@]3(CCCN(Cc4ccccc4)C3=O)[C@H]3C(=O)N(Cc4ccccc4)C(=O)[C@@H]23)cc1. The summed E-state index contributed by atoms with van der Waals surface area (Å²) in [6.45, 7) is 1.31. The van der Waals surface area contributed by atoms with E-state index in [2.05, 4.69) is 5.32 Å². The van der Waals surface area contributed by atoms with Crippen molar-refractivity contribution in [1.82, 2.24) is 15.1 Å². The van der Waals surface area contributed by atoms with E-state index in [1.165, 1.54) is 4.90 Å². The number of hydrogen-bond acceptors (Lipinski definition) is 5. The minimum atomic E-state index is -1.12. The van der Waals surface area contributed by atoms with Crippen molar-refractivity contribution >= 4 is 17.7 Å². The Morgan fingerprint density at radius 1 is 0.842 bits per heavy atom. The van der Waals surface area contributed by atoms with Crippen LogP contribution in [0.5, 0.6) is 5.75 Å². The molecular formula is C31H31N3O4. The Bertz CT molecular complexity index is 1340. The largest absolute Gasteiger partial charge is 0.497 e. The van der Waals surface area contributed by atoms with Crippen molar-refractivity contribution in [2.75, 3.05) is 13.7 Å².